The molecule has 0 aromatic heterocycles. The lowest BCUT2D eigenvalue weighted by atomic mass is 10.0. The van der Waals surface area contributed by atoms with Crippen molar-refractivity contribution in [2.45, 2.75) is 64.3 Å². The molecule has 0 spiro atoms. The zero-order chi connectivity index (χ0) is 28.3. The lowest BCUT2D eigenvalue weighted by Gasteiger charge is -2.24. The lowest BCUT2D eigenvalue weighted by Crippen LogP contribution is -2.30. The minimum atomic E-state index is -4.77. The van der Waals surface area contributed by atoms with E-state index in [1.165, 1.54) is 43.5 Å². The highest BCUT2D eigenvalue weighted by Crippen LogP contribution is 2.31. The highest BCUT2D eigenvalue weighted by atomic mass is 19.4. The molecule has 1 aliphatic rings. The molecule has 1 unspecified atom stereocenters. The van der Waals surface area contributed by atoms with Gasteiger partial charge in [-0.15, -0.1) is 13.2 Å². The quantitative estimate of drug-likeness (QED) is 0.272. The molecule has 0 aliphatic carbocycles. The molecule has 212 valence electrons. The number of carbonyl (C=O) groups excluding carboxylic acids is 1. The number of amides is 1. The van der Waals surface area contributed by atoms with E-state index in [1.807, 2.05) is 17.0 Å². The molecule has 1 amide bonds. The van der Waals surface area contributed by atoms with Crippen LogP contribution in [0.5, 0.6) is 5.75 Å². The van der Waals surface area contributed by atoms with Crippen molar-refractivity contribution in [3.8, 4) is 5.75 Å². The molecule has 8 nitrogen and oxygen atoms in total. The largest absolute Gasteiger partial charge is 0.573 e. The van der Waals surface area contributed by atoms with Gasteiger partial charge in [-0.2, -0.15) is 4.99 Å². The maximum Gasteiger partial charge on any atom is 0.573 e. The van der Waals surface area contributed by atoms with Crippen molar-refractivity contribution in [1.29, 1.82) is 0 Å². The Kier molecular flexibility index (Phi) is 11.0. The van der Waals surface area contributed by atoms with E-state index in [0.717, 1.165) is 24.8 Å². The number of halogens is 3. The van der Waals surface area contributed by atoms with Gasteiger partial charge in [-0.05, 0) is 48.4 Å². The average Bonchev–Trinajstić information content (AvgIpc) is 3.28. The van der Waals surface area contributed by atoms with Crippen LogP contribution in [0.2, 0.25) is 0 Å². The summed E-state index contributed by atoms with van der Waals surface area (Å²) < 4.78 is 47.3. The van der Waals surface area contributed by atoms with Crippen LogP contribution < -0.4 is 10.1 Å². The van der Waals surface area contributed by atoms with Crippen LogP contribution in [-0.2, 0) is 9.53 Å². The van der Waals surface area contributed by atoms with Gasteiger partial charge in [-0.3, -0.25) is 9.59 Å². The predicted molar refractivity (Wildman–Crippen MR) is 140 cm³/mol. The van der Waals surface area contributed by atoms with Crippen molar-refractivity contribution in [3.05, 3.63) is 59.7 Å². The van der Waals surface area contributed by atoms with E-state index in [1.54, 1.807) is 12.1 Å². The summed E-state index contributed by atoms with van der Waals surface area (Å²) in [6.45, 7) is 3.22. The van der Waals surface area contributed by atoms with E-state index in [4.69, 9.17) is 9.84 Å². The minimum absolute atomic E-state index is 0.0432. The number of nitrogens with one attached hydrogen (secondary N) is 1. The molecule has 1 heterocycles. The van der Waals surface area contributed by atoms with E-state index >= 15 is 0 Å². The van der Waals surface area contributed by atoms with Gasteiger partial charge in [0, 0.05) is 18.7 Å². The summed E-state index contributed by atoms with van der Waals surface area (Å²) in [5, 5.41) is 11.3. The number of unbranched alkanes of at least 4 members (excludes halogenated alkanes) is 5. The van der Waals surface area contributed by atoms with Gasteiger partial charge in [0.2, 0.25) is 0 Å². The Morgan fingerprint density at radius 1 is 1.05 bits per heavy atom. The second-order valence-electron chi connectivity index (χ2n) is 9.25. The third kappa shape index (κ3) is 9.81. The highest BCUT2D eigenvalue weighted by Gasteiger charge is 2.33. The zero-order valence-electron chi connectivity index (χ0n) is 21.9. The summed E-state index contributed by atoms with van der Waals surface area (Å²) in [6.07, 6.45) is 1.73. The summed E-state index contributed by atoms with van der Waals surface area (Å²) in [5.74, 6) is -1.66. The van der Waals surface area contributed by atoms with Crippen LogP contribution in [0.1, 0.15) is 73.8 Å². The van der Waals surface area contributed by atoms with Crippen LogP contribution >= 0.6 is 0 Å². The highest BCUT2D eigenvalue weighted by molar-refractivity contribution is 5.94. The number of aliphatic carboxylic acids is 1. The number of amidine groups is 1. The Balaban J connectivity index is 1.72. The van der Waals surface area contributed by atoms with Crippen LogP contribution in [-0.4, -0.2) is 54.0 Å². The van der Waals surface area contributed by atoms with Crippen LogP contribution in [0.3, 0.4) is 0 Å². The summed E-state index contributed by atoms with van der Waals surface area (Å²) in [6, 6.07) is 12.5. The maximum absolute atomic E-state index is 12.5. The van der Waals surface area contributed by atoms with Crippen LogP contribution in [0.25, 0.3) is 0 Å². The van der Waals surface area contributed by atoms with Crippen molar-refractivity contribution in [3.63, 3.8) is 0 Å². The number of nitrogens with zero attached hydrogens (tertiary/aromatic N) is 2. The van der Waals surface area contributed by atoms with Crippen LogP contribution in [0.4, 0.5) is 18.9 Å². The number of aliphatic imine (C=N–C) groups is 1. The molecule has 0 bridgehead atoms. The molecule has 1 aliphatic heterocycles. The van der Waals surface area contributed by atoms with Crippen molar-refractivity contribution < 1.29 is 37.3 Å². The van der Waals surface area contributed by atoms with Gasteiger partial charge >= 0.3 is 12.3 Å². The normalized spacial score (nSPS) is 16.3. The van der Waals surface area contributed by atoms with E-state index in [9.17, 15) is 22.8 Å². The monoisotopic (exact) mass is 549 g/mol. The number of carbonyl (C=O) groups is 2. The first-order chi connectivity index (χ1) is 18.7. The van der Waals surface area contributed by atoms with Gasteiger partial charge in [0.05, 0.1) is 18.2 Å². The topological polar surface area (TPSA) is 100 Å². The minimum Gasteiger partial charge on any atom is -0.481 e. The number of carboxylic acids is 1. The van der Waals surface area contributed by atoms with Gasteiger partial charge < -0.3 is 24.8 Å². The molecular formula is C28H34F3N3O5. The second-order valence-corrected chi connectivity index (χ2v) is 9.25. The van der Waals surface area contributed by atoms with Crippen molar-refractivity contribution in [2.24, 2.45) is 4.99 Å². The van der Waals surface area contributed by atoms with Gasteiger partial charge in [0.1, 0.15) is 12.4 Å². The molecule has 1 saturated heterocycles. The number of alkyl halides is 3. The molecule has 39 heavy (non-hydrogen) atoms. The number of benzene rings is 2. The lowest BCUT2D eigenvalue weighted by molar-refractivity contribution is -0.274. The maximum atomic E-state index is 12.5. The van der Waals surface area contributed by atoms with Crippen molar-refractivity contribution >= 4 is 23.6 Å². The fourth-order valence-electron chi connectivity index (χ4n) is 4.22. The predicted octanol–water partition coefficient (Wildman–Crippen LogP) is 6.21. The summed E-state index contributed by atoms with van der Waals surface area (Å²) >= 11 is 0. The third-order valence-electron chi connectivity index (χ3n) is 6.22. The Hall–Kier alpha value is -3.76. The smallest absolute Gasteiger partial charge is 0.481 e. The first-order valence-corrected chi connectivity index (χ1v) is 13.1. The van der Waals surface area contributed by atoms with Gasteiger partial charge in [0.25, 0.3) is 11.9 Å². The Labute approximate surface area is 225 Å². The van der Waals surface area contributed by atoms with E-state index < -0.39 is 12.3 Å². The van der Waals surface area contributed by atoms with Crippen LogP contribution in [0, 0.1) is 0 Å². The van der Waals surface area contributed by atoms with Crippen molar-refractivity contribution in [2.75, 3.05) is 19.7 Å². The van der Waals surface area contributed by atoms with E-state index in [-0.39, 0.29) is 30.7 Å². The summed E-state index contributed by atoms with van der Waals surface area (Å²) in [4.78, 5) is 29.6. The molecule has 1 atom stereocenters. The fraction of sp³-hybridized carbons (Fsp3) is 0.464. The molecule has 2 aromatic rings. The molecule has 3 rings (SSSR count). The Bertz CT molecular complexity index is 1100. The third-order valence-corrected chi connectivity index (χ3v) is 6.22. The fourth-order valence-corrected chi connectivity index (χ4v) is 4.22. The molecule has 2 N–H and O–H groups in total. The van der Waals surface area contributed by atoms with Gasteiger partial charge in [0.15, 0.2) is 0 Å². The number of ether oxygens (including phenoxy) is 2. The molecule has 2 aromatic carbocycles. The molecule has 0 saturated carbocycles. The van der Waals surface area contributed by atoms with Crippen LogP contribution in [0.15, 0.2) is 53.5 Å². The summed E-state index contributed by atoms with van der Waals surface area (Å²) in [5.41, 5.74) is 1.77. The molecule has 1 fully saturated rings. The first-order valence-electron chi connectivity index (χ1n) is 13.1. The molecule has 11 heteroatoms. The number of hydrogen-bond acceptors (Lipinski definition) is 5. The van der Waals surface area contributed by atoms with Gasteiger partial charge in [-0.25, -0.2) is 0 Å². The molecule has 0 radical (unpaired) electrons. The van der Waals surface area contributed by atoms with Gasteiger partial charge in [-0.1, -0.05) is 51.2 Å². The average molecular weight is 550 g/mol. The SMILES string of the molecule is CCCCCCCCN1C(=Nc2ccc(OC(F)(F)F)cc2)OCC1c1ccc(C(=O)NCCC(=O)O)cc1. The zero-order valence-corrected chi connectivity index (χ0v) is 21.9. The second kappa shape index (κ2) is 14.4. The Morgan fingerprint density at radius 2 is 1.72 bits per heavy atom. The first kappa shape index (κ1) is 29.8. The molecular weight excluding hydrogens is 515 g/mol. The Morgan fingerprint density at radius 3 is 2.36 bits per heavy atom. The number of hydrogen-bond donors (Lipinski definition) is 2. The summed E-state index contributed by atoms with van der Waals surface area (Å²) in [7, 11) is 0. The number of rotatable bonds is 14. The number of carboxylic acid groups (broad SMARTS) is 1. The standard InChI is InChI=1S/C28H34F3N3O5/c1-2-3-4-5-6-7-18-34-24(20-8-10-21(11-9-20)26(37)32-17-16-25(35)36)19-38-27(34)33-22-12-14-23(15-13-22)39-28(29,30)31/h8-15,24H,2-7,16-19H2,1H3,(H,32,37)(H,35,36). The van der Waals surface area contributed by atoms with Crippen molar-refractivity contribution in [1.82, 2.24) is 10.2 Å². The van der Waals surface area contributed by atoms with E-state index in [2.05, 4.69) is 22.0 Å². The van der Waals surface area contributed by atoms with E-state index in [0.29, 0.717) is 30.4 Å².